The first-order valence-electron chi connectivity index (χ1n) is 32.7. The molecule has 1 aromatic heterocycles. The molecule has 0 aliphatic carbocycles. The van der Waals surface area contributed by atoms with E-state index in [1.54, 1.807) is 6.20 Å². The minimum absolute atomic E-state index is 0.0843. The summed E-state index contributed by atoms with van der Waals surface area (Å²) in [6, 6.07) is -0.275. The number of halogens is 2. The summed E-state index contributed by atoms with van der Waals surface area (Å²) in [6.45, 7) is 5.48. The number of carboxylic acid groups (broad SMARTS) is 1. The van der Waals surface area contributed by atoms with Gasteiger partial charge in [0.2, 0.25) is 53.4 Å². The molecule has 1 saturated heterocycles. The number of carbonyl (C=O) groups excluding carboxylic acids is 7. The normalized spacial score (nSPS) is 24.7. The molecule has 14 unspecified atom stereocenters. The third-order valence-corrected chi connectivity index (χ3v) is 18.3. The Kier molecular flexibility index (Phi) is 23.4. The Hall–Kier alpha value is -9.90. The molecular weight excluding hydrogens is 1380 g/mol. The highest BCUT2D eigenvalue weighted by molar-refractivity contribution is 6.32. The van der Waals surface area contributed by atoms with Crippen molar-refractivity contribution in [1.29, 1.82) is 0 Å². The van der Waals surface area contributed by atoms with Crippen molar-refractivity contribution in [2.24, 2.45) is 11.7 Å². The number of primary amides is 1. The number of nitrogens with zero attached hydrogens (tertiary/aromatic N) is 3. The summed E-state index contributed by atoms with van der Waals surface area (Å²) in [7, 11) is 1.48. The molecule has 11 bridgehead atoms. The Morgan fingerprint density at radius 3 is 1.94 bits per heavy atom. The van der Waals surface area contributed by atoms with Crippen molar-refractivity contribution < 1.29 is 103 Å². The highest BCUT2D eigenvalue weighted by atomic mass is 35.5. The summed E-state index contributed by atoms with van der Waals surface area (Å²) in [5.41, 5.74) is 3.66. The Morgan fingerprint density at radius 1 is 0.686 bits per heavy atom. The zero-order valence-electron chi connectivity index (χ0n) is 55.2. The van der Waals surface area contributed by atoms with Gasteiger partial charge in [0.1, 0.15) is 95.6 Å². The average molecular weight is 1460 g/mol. The minimum Gasteiger partial charge on any atom is -0.508 e. The van der Waals surface area contributed by atoms with Crippen LogP contribution in [-0.4, -0.2) is 170 Å². The number of aromatic hydroxyl groups is 3. The molecule has 5 aromatic carbocycles. The number of ether oxygens (including phenoxy) is 4. The topological polar surface area (TPSA) is 496 Å². The molecule has 14 atom stereocenters. The van der Waals surface area contributed by atoms with Gasteiger partial charge >= 0.3 is 5.97 Å². The number of hydrogen-bond acceptors (Lipinski definition) is 23. The third-order valence-electron chi connectivity index (χ3n) is 17.7. The number of unbranched alkanes of at least 4 members (excludes halogenated alkanes) is 4. The van der Waals surface area contributed by atoms with E-state index in [2.05, 4.69) is 54.5 Å². The van der Waals surface area contributed by atoms with Gasteiger partial charge in [-0.2, -0.15) is 0 Å². The lowest BCUT2D eigenvalue weighted by molar-refractivity contribution is -0.275. The van der Waals surface area contributed by atoms with Crippen LogP contribution in [0.5, 0.6) is 46.0 Å². The van der Waals surface area contributed by atoms with Crippen molar-refractivity contribution in [1.82, 2.24) is 52.2 Å². The maximum absolute atomic E-state index is 16.0. The van der Waals surface area contributed by atoms with Crippen LogP contribution in [0.4, 0.5) is 0 Å². The van der Waals surface area contributed by atoms with Crippen molar-refractivity contribution in [2.45, 2.75) is 164 Å². The van der Waals surface area contributed by atoms with Crippen LogP contribution in [0.1, 0.15) is 130 Å². The number of likely N-dealkylation sites (N-methyl/N-ethyl adjacent to an activating group) is 1. The van der Waals surface area contributed by atoms with Crippen LogP contribution in [0, 0.1) is 5.92 Å². The molecular formula is C68H77Cl2N11O21. The fraction of sp³-hybridized carbons (Fsp3) is 0.412. The zero-order valence-corrected chi connectivity index (χ0v) is 56.7. The van der Waals surface area contributed by atoms with Gasteiger partial charge in [0.15, 0.2) is 17.5 Å². The number of aliphatic hydroxyl groups is 5. The van der Waals surface area contributed by atoms with Crippen LogP contribution in [0.2, 0.25) is 10.0 Å². The minimum atomic E-state index is -2.31. The van der Waals surface area contributed by atoms with E-state index in [9.17, 15) is 69.9 Å². The number of benzene rings is 5. The number of aryl methyl sites for hydroxylation is 1. The predicted octanol–water partition coefficient (Wildman–Crippen LogP) is 2.68. The molecule has 0 saturated carbocycles. The number of aliphatic hydroxyl groups excluding tert-OH is 5. The summed E-state index contributed by atoms with van der Waals surface area (Å²) >= 11 is 14.1. The molecule has 7 heterocycles. The SMILES string of the molecule is CCCCCCCc1cn(CC2OC(Oc3c4cc5cc3Oc3ccc(cc3Cl)C(O)C3NC(=O)C(NC(=O)C5NC(=O)C(CC(N)=O)NC(=O)C(NC(=O)C(CC(C)C)NC)C(O)c5ccc(c(Cl)c5)O4)c4ccc(O)c(c4)-c4c(O)cc(O)cc4C(C(=O)O)NC3=O)C(O)C(O)C2O)nn1. The summed E-state index contributed by atoms with van der Waals surface area (Å²) in [4.78, 5) is 117. The van der Waals surface area contributed by atoms with Crippen molar-refractivity contribution in [3.8, 4) is 57.1 Å². The number of hydrogen-bond donors (Lipinski definition) is 17. The number of rotatable bonds is 18. The van der Waals surface area contributed by atoms with E-state index < -0.39 is 201 Å². The fourth-order valence-corrected chi connectivity index (χ4v) is 12.8. The van der Waals surface area contributed by atoms with Gasteiger partial charge in [-0.15, -0.1) is 5.10 Å². The molecule has 34 heteroatoms. The molecule has 6 aliphatic heterocycles. The highest BCUT2D eigenvalue weighted by Crippen LogP contribution is 2.49. The smallest absolute Gasteiger partial charge is 0.330 e. The maximum Gasteiger partial charge on any atom is 0.330 e. The van der Waals surface area contributed by atoms with Gasteiger partial charge in [-0.05, 0) is 109 Å². The average Bonchev–Trinajstić information content (AvgIpc) is 0.812. The lowest BCUT2D eigenvalue weighted by Crippen LogP contribution is -2.60. The van der Waals surface area contributed by atoms with Crippen LogP contribution in [-0.2, 0) is 56.1 Å². The van der Waals surface area contributed by atoms with E-state index >= 15 is 14.4 Å². The Labute approximate surface area is 591 Å². The number of fused-ring (bicyclic) bond motifs is 15. The molecule has 6 aromatic rings. The quantitative estimate of drug-likeness (QED) is 0.0550. The number of aromatic nitrogens is 3. The maximum atomic E-state index is 16.0. The molecule has 18 N–H and O–H groups in total. The number of carboxylic acids is 1. The monoisotopic (exact) mass is 1450 g/mol. The number of carbonyl (C=O) groups is 8. The lowest BCUT2D eigenvalue weighted by Gasteiger charge is -2.40. The number of amides is 7. The lowest BCUT2D eigenvalue weighted by atomic mass is 9.89. The number of phenols is 3. The van der Waals surface area contributed by atoms with Gasteiger partial charge in [0.05, 0.1) is 34.7 Å². The molecule has 1 fully saturated rings. The van der Waals surface area contributed by atoms with Crippen molar-refractivity contribution in [3.05, 3.63) is 129 Å². The predicted molar refractivity (Wildman–Crippen MR) is 358 cm³/mol. The van der Waals surface area contributed by atoms with Crippen LogP contribution in [0.3, 0.4) is 0 Å². The molecule has 32 nitrogen and oxygen atoms in total. The summed E-state index contributed by atoms with van der Waals surface area (Å²) in [5, 5.41) is 129. The van der Waals surface area contributed by atoms with Crippen molar-refractivity contribution in [3.63, 3.8) is 0 Å². The zero-order chi connectivity index (χ0) is 73.7. The summed E-state index contributed by atoms with van der Waals surface area (Å²) in [5.74, 6) is -15.6. The largest absolute Gasteiger partial charge is 0.508 e. The van der Waals surface area contributed by atoms with Gasteiger partial charge < -0.3 is 108 Å². The highest BCUT2D eigenvalue weighted by Gasteiger charge is 2.47. The van der Waals surface area contributed by atoms with Gasteiger partial charge in [-0.25, -0.2) is 9.48 Å². The first-order valence-corrected chi connectivity index (χ1v) is 33.4. The first kappa shape index (κ1) is 74.8. The fourth-order valence-electron chi connectivity index (χ4n) is 12.4. The van der Waals surface area contributed by atoms with Gasteiger partial charge in [-0.1, -0.05) is 93.1 Å². The van der Waals surface area contributed by atoms with Crippen LogP contribution in [0.25, 0.3) is 11.1 Å². The van der Waals surface area contributed by atoms with Crippen LogP contribution >= 0.6 is 23.2 Å². The van der Waals surface area contributed by atoms with Crippen LogP contribution in [0.15, 0.2) is 85.1 Å². The molecule has 6 aliphatic rings. The third kappa shape index (κ3) is 16.7. The second-order valence-electron chi connectivity index (χ2n) is 25.6. The second-order valence-corrected chi connectivity index (χ2v) is 26.4. The molecule has 7 amide bonds. The van der Waals surface area contributed by atoms with E-state index in [1.807, 2.05) is 13.8 Å². The summed E-state index contributed by atoms with van der Waals surface area (Å²) in [6.07, 6.45) is -7.38. The van der Waals surface area contributed by atoms with Crippen molar-refractivity contribution >= 4 is 70.5 Å². The van der Waals surface area contributed by atoms with E-state index in [1.165, 1.54) is 23.9 Å². The second kappa shape index (κ2) is 32.0. The van der Waals surface area contributed by atoms with Gasteiger partial charge in [0, 0.05) is 29.0 Å². The van der Waals surface area contributed by atoms with E-state index in [0.717, 1.165) is 98.8 Å². The van der Waals surface area contributed by atoms with Crippen LogP contribution < -0.4 is 57.2 Å². The standard InChI is InChI=1S/C68H77Cl2N11O21/c1-5-6-7-8-9-10-33-26-81(80-79-33)27-47-57(88)58(89)59(90)68(101-47)102-60-45-21-32-22-46(60)100-44-16-13-31(20-38(44)70)56(87)54-66(96)76-52(67(97)98)36-23-34(82)24-42(84)49(36)35-18-29(11-14-41(35)83)50(63(93)78-54)75-64(94)51(32)74-62(92)40(25-48(71)85)73-65(95)53(77-61(91)39(72-4)17-28(2)3)55(86)30-12-15-43(99-45)37(69)19-30/h11-16,18-24,26,28,39-40,47,50-59,68,72,82-84,86-90H,5-10,17,25,27H2,1-4H3,(H2,71,85)(H,73,95)(H,74,92)(H,75,94)(H,76,96)(H,77,91)(H,78,93)(H,97,98). The van der Waals surface area contributed by atoms with E-state index in [-0.39, 0.29) is 52.1 Å². The van der Waals surface area contributed by atoms with E-state index in [4.69, 9.17) is 47.9 Å². The molecule has 102 heavy (non-hydrogen) atoms. The van der Waals surface area contributed by atoms with Gasteiger partial charge in [0.25, 0.3) is 0 Å². The van der Waals surface area contributed by atoms with Crippen molar-refractivity contribution in [2.75, 3.05) is 7.05 Å². The molecule has 0 radical (unpaired) electrons. The van der Waals surface area contributed by atoms with Gasteiger partial charge in [-0.3, -0.25) is 33.6 Å². The number of phenolic OH excluding ortho intramolecular Hbond substituents is 3. The summed E-state index contributed by atoms with van der Waals surface area (Å²) < 4.78 is 27.3. The molecule has 12 rings (SSSR count). The molecule has 0 spiro atoms. The number of nitrogens with one attached hydrogen (secondary N) is 7. The molecule has 544 valence electrons. The number of aliphatic carboxylic acids is 1. The number of nitrogens with two attached hydrogens (primary N) is 1. The Morgan fingerprint density at radius 2 is 1.31 bits per heavy atom. The van der Waals surface area contributed by atoms with E-state index in [0.29, 0.717) is 12.1 Å². The Bertz CT molecular complexity index is 4200. The first-order chi connectivity index (χ1) is 48.5. The Balaban J connectivity index is 1.19.